The number of ether oxygens (including phenoxy) is 1. The Morgan fingerprint density at radius 3 is 2.10 bits per heavy atom. The molecule has 1 unspecified atom stereocenters. The number of hydrogen-bond donors (Lipinski definition) is 0. The number of carbonyl (C=O) groups excluding carboxylic acids is 3. The van der Waals surface area contributed by atoms with Crippen molar-refractivity contribution in [2.75, 3.05) is 6.61 Å². The van der Waals surface area contributed by atoms with Gasteiger partial charge in [-0.2, -0.15) is 0 Å². The van der Waals surface area contributed by atoms with Gasteiger partial charge in [0.05, 0.1) is 19.1 Å². The van der Waals surface area contributed by atoms with Crippen molar-refractivity contribution in [3.05, 3.63) is 95.6 Å². The van der Waals surface area contributed by atoms with Crippen molar-refractivity contribution < 1.29 is 19.1 Å². The van der Waals surface area contributed by atoms with E-state index in [0.29, 0.717) is 11.1 Å². The summed E-state index contributed by atoms with van der Waals surface area (Å²) < 4.78 is 5.20. The first-order chi connectivity index (χ1) is 14.9. The molecule has 162 valence electrons. The molecule has 0 saturated carbocycles. The predicted molar refractivity (Wildman–Crippen MR) is 121 cm³/mol. The van der Waals surface area contributed by atoms with Crippen LogP contribution in [0.4, 0.5) is 0 Å². The maximum atomic E-state index is 13.7. The molecule has 0 bridgehead atoms. The first-order valence-electron chi connectivity index (χ1n) is 10.3. The minimum absolute atomic E-state index is 0.0911. The quantitative estimate of drug-likeness (QED) is 0.328. The summed E-state index contributed by atoms with van der Waals surface area (Å²) in [7, 11) is 0. The number of benzene rings is 2. The highest BCUT2D eigenvalue weighted by atomic mass is 16.5. The fourth-order valence-electron chi connectivity index (χ4n) is 3.34. The molecule has 5 heteroatoms. The van der Waals surface area contributed by atoms with E-state index in [9.17, 15) is 14.4 Å². The molecule has 0 fully saturated rings. The Hall–Kier alpha value is -3.47. The summed E-state index contributed by atoms with van der Waals surface area (Å²) in [6.45, 7) is 9.25. The van der Waals surface area contributed by atoms with Crippen molar-refractivity contribution in [2.24, 2.45) is 5.92 Å². The molecule has 0 aliphatic heterocycles. The van der Waals surface area contributed by atoms with Gasteiger partial charge in [-0.3, -0.25) is 19.3 Å². The highest BCUT2D eigenvalue weighted by Gasteiger charge is 2.34. The molecule has 1 atom stereocenters. The number of hydrogen-bond acceptors (Lipinski definition) is 4. The Morgan fingerprint density at radius 2 is 1.58 bits per heavy atom. The van der Waals surface area contributed by atoms with Gasteiger partial charge in [0.15, 0.2) is 0 Å². The van der Waals surface area contributed by atoms with Crippen LogP contribution in [0.2, 0.25) is 0 Å². The number of allylic oxidation sites excluding steroid dienone is 2. The monoisotopic (exact) mass is 419 g/mol. The van der Waals surface area contributed by atoms with Crippen LogP contribution in [0, 0.1) is 5.92 Å². The molecule has 0 spiro atoms. The lowest BCUT2D eigenvalue weighted by Crippen LogP contribution is -2.40. The van der Waals surface area contributed by atoms with Gasteiger partial charge in [0, 0.05) is 11.1 Å². The van der Waals surface area contributed by atoms with E-state index in [4.69, 9.17) is 4.74 Å². The topological polar surface area (TPSA) is 63.7 Å². The molecule has 0 aliphatic rings. The molecule has 2 aromatic rings. The van der Waals surface area contributed by atoms with Gasteiger partial charge in [-0.1, -0.05) is 60.2 Å². The van der Waals surface area contributed by atoms with Gasteiger partial charge in [-0.05, 0) is 44.9 Å². The van der Waals surface area contributed by atoms with Gasteiger partial charge < -0.3 is 4.74 Å². The van der Waals surface area contributed by atoms with E-state index < -0.39 is 23.7 Å². The second-order valence-corrected chi connectivity index (χ2v) is 7.29. The number of imide groups is 1. The van der Waals surface area contributed by atoms with Gasteiger partial charge in [-0.25, -0.2) is 0 Å². The van der Waals surface area contributed by atoms with Crippen LogP contribution in [0.3, 0.4) is 0 Å². The smallest absolute Gasteiger partial charge is 0.313 e. The summed E-state index contributed by atoms with van der Waals surface area (Å²) in [5.74, 6) is -2.25. The van der Waals surface area contributed by atoms with Crippen LogP contribution >= 0.6 is 0 Å². The van der Waals surface area contributed by atoms with E-state index >= 15 is 0 Å². The van der Waals surface area contributed by atoms with Gasteiger partial charge in [0.2, 0.25) is 0 Å². The van der Waals surface area contributed by atoms with Crippen LogP contribution < -0.4 is 0 Å². The van der Waals surface area contributed by atoms with Gasteiger partial charge in [0.25, 0.3) is 11.8 Å². The Balaban J connectivity index is 2.52. The normalized spacial score (nSPS) is 11.2. The van der Waals surface area contributed by atoms with Crippen LogP contribution in [0.1, 0.15) is 43.1 Å². The van der Waals surface area contributed by atoms with E-state index in [1.165, 1.54) is 4.90 Å². The van der Waals surface area contributed by atoms with E-state index in [1.54, 1.807) is 51.1 Å². The standard InChI is InChI=1S/C26H29NO4/c1-5-13-22(26(30)31-6-2)23(19(3)4)25(29)27(18-20-14-9-7-10-15-20)24(28)21-16-11-8-12-17-21/h5,7-12,14-17,22H,1,6,13,18H2,2-4H3. The summed E-state index contributed by atoms with van der Waals surface area (Å²) in [5, 5.41) is 0. The SMILES string of the molecule is C=CCC(C(=O)OCC)C(C(=O)N(Cc1ccccc1)C(=O)c1ccccc1)=C(C)C. The summed E-state index contributed by atoms with van der Waals surface area (Å²) in [6.07, 6.45) is 1.82. The maximum Gasteiger partial charge on any atom is 0.313 e. The van der Waals surface area contributed by atoms with Crippen LogP contribution in [0.5, 0.6) is 0 Å². The molecule has 0 radical (unpaired) electrons. The lowest BCUT2D eigenvalue weighted by molar-refractivity contribution is -0.148. The van der Waals surface area contributed by atoms with Crippen molar-refractivity contribution in [3.8, 4) is 0 Å². The first kappa shape index (κ1) is 23.8. The fourth-order valence-corrected chi connectivity index (χ4v) is 3.34. The Labute approximate surface area is 184 Å². The van der Waals surface area contributed by atoms with E-state index in [1.807, 2.05) is 36.4 Å². The highest BCUT2D eigenvalue weighted by molar-refractivity contribution is 6.11. The minimum atomic E-state index is -0.822. The van der Waals surface area contributed by atoms with E-state index in [0.717, 1.165) is 5.56 Å². The van der Waals surface area contributed by atoms with Gasteiger partial charge >= 0.3 is 5.97 Å². The summed E-state index contributed by atoms with van der Waals surface area (Å²) in [6, 6.07) is 17.9. The Morgan fingerprint density at radius 1 is 1.00 bits per heavy atom. The number of carbonyl (C=O) groups is 3. The molecular formula is C26H29NO4. The van der Waals surface area contributed by atoms with Crippen LogP contribution in [-0.2, 0) is 20.9 Å². The van der Waals surface area contributed by atoms with E-state index in [-0.39, 0.29) is 25.1 Å². The van der Waals surface area contributed by atoms with Crippen molar-refractivity contribution in [1.29, 1.82) is 0 Å². The molecular weight excluding hydrogens is 390 g/mol. The van der Waals surface area contributed by atoms with Crippen molar-refractivity contribution in [1.82, 2.24) is 4.90 Å². The van der Waals surface area contributed by atoms with Crippen molar-refractivity contribution in [3.63, 3.8) is 0 Å². The highest BCUT2D eigenvalue weighted by Crippen LogP contribution is 2.26. The number of esters is 1. The fraction of sp³-hybridized carbons (Fsp3) is 0.269. The first-order valence-corrected chi connectivity index (χ1v) is 10.3. The number of rotatable bonds is 9. The third-order valence-corrected chi connectivity index (χ3v) is 4.79. The molecule has 0 N–H and O–H groups in total. The number of nitrogens with zero attached hydrogens (tertiary/aromatic N) is 1. The largest absolute Gasteiger partial charge is 0.466 e. The Bertz CT molecular complexity index is 944. The van der Waals surface area contributed by atoms with Crippen molar-refractivity contribution in [2.45, 2.75) is 33.7 Å². The molecule has 5 nitrogen and oxygen atoms in total. The lowest BCUT2D eigenvalue weighted by atomic mass is 9.90. The second-order valence-electron chi connectivity index (χ2n) is 7.29. The third kappa shape index (κ3) is 6.25. The predicted octanol–water partition coefficient (Wildman–Crippen LogP) is 4.95. The average Bonchev–Trinajstić information content (AvgIpc) is 2.77. The van der Waals surface area contributed by atoms with Gasteiger partial charge in [0.1, 0.15) is 0 Å². The maximum absolute atomic E-state index is 13.7. The molecule has 2 rings (SSSR count). The van der Waals surface area contributed by atoms with Crippen molar-refractivity contribution >= 4 is 17.8 Å². The molecule has 2 aromatic carbocycles. The second kappa shape index (κ2) is 11.6. The zero-order valence-corrected chi connectivity index (χ0v) is 18.3. The molecule has 0 aromatic heterocycles. The molecule has 0 heterocycles. The summed E-state index contributed by atoms with van der Waals surface area (Å²) >= 11 is 0. The zero-order valence-electron chi connectivity index (χ0n) is 18.3. The third-order valence-electron chi connectivity index (χ3n) is 4.79. The van der Waals surface area contributed by atoms with E-state index in [2.05, 4.69) is 6.58 Å². The average molecular weight is 420 g/mol. The number of amides is 2. The zero-order chi connectivity index (χ0) is 22.8. The molecule has 31 heavy (non-hydrogen) atoms. The molecule has 0 saturated heterocycles. The van der Waals surface area contributed by atoms with Crippen LogP contribution in [-0.4, -0.2) is 29.3 Å². The van der Waals surface area contributed by atoms with Crippen LogP contribution in [0.15, 0.2) is 84.5 Å². The minimum Gasteiger partial charge on any atom is -0.466 e. The molecule has 0 aliphatic carbocycles. The van der Waals surface area contributed by atoms with Gasteiger partial charge in [-0.15, -0.1) is 6.58 Å². The summed E-state index contributed by atoms with van der Waals surface area (Å²) in [4.78, 5) is 40.9. The lowest BCUT2D eigenvalue weighted by Gasteiger charge is -2.26. The van der Waals surface area contributed by atoms with Crippen LogP contribution in [0.25, 0.3) is 0 Å². The Kier molecular flexibility index (Phi) is 8.94. The summed E-state index contributed by atoms with van der Waals surface area (Å²) in [5.41, 5.74) is 2.13. The molecule has 2 amide bonds.